The molecule has 1 aliphatic heterocycles. The monoisotopic (exact) mass is 590 g/mol. The van der Waals surface area contributed by atoms with Gasteiger partial charge in [0.15, 0.2) is 0 Å². The van der Waals surface area contributed by atoms with Crippen molar-refractivity contribution in [1.29, 1.82) is 0 Å². The molecule has 3 amide bonds. The minimum Gasteiger partial charge on any atom is -0.481 e. The van der Waals surface area contributed by atoms with E-state index in [-0.39, 0.29) is 43.7 Å². The zero-order valence-corrected chi connectivity index (χ0v) is 24.7. The molecule has 5 atom stereocenters. The Morgan fingerprint density at radius 1 is 1.07 bits per heavy atom. The summed E-state index contributed by atoms with van der Waals surface area (Å²) in [6.45, 7) is 7.75. The van der Waals surface area contributed by atoms with Gasteiger partial charge in [0.2, 0.25) is 17.7 Å². The summed E-state index contributed by atoms with van der Waals surface area (Å²) in [4.78, 5) is 76.5. The number of amides is 3. The number of hydrogen-bond acceptors (Lipinski definition) is 9. The average molecular weight is 591 g/mol. The third-order valence-corrected chi connectivity index (χ3v) is 6.87. The molecule has 1 aromatic carbocycles. The van der Waals surface area contributed by atoms with Crippen LogP contribution < -0.4 is 16.4 Å². The van der Waals surface area contributed by atoms with E-state index in [1.807, 2.05) is 0 Å². The number of carboxylic acid groups (broad SMARTS) is 1. The van der Waals surface area contributed by atoms with Gasteiger partial charge in [0, 0.05) is 32.2 Å². The molecule has 0 radical (unpaired) electrons. The molecule has 1 fully saturated rings. The van der Waals surface area contributed by atoms with Gasteiger partial charge in [-0.3, -0.25) is 24.0 Å². The normalized spacial score (nSPS) is 18.6. The first-order valence-corrected chi connectivity index (χ1v) is 14.0. The number of carbonyl (C=O) groups is 6. The van der Waals surface area contributed by atoms with Gasteiger partial charge in [0.1, 0.15) is 24.3 Å². The molecule has 13 heteroatoms. The molecule has 13 nitrogen and oxygen atoms in total. The molecule has 0 spiro atoms. The number of carboxylic acids is 1. The third-order valence-electron chi connectivity index (χ3n) is 6.87. The van der Waals surface area contributed by atoms with E-state index >= 15 is 0 Å². The molecule has 1 aliphatic rings. The van der Waals surface area contributed by atoms with E-state index in [1.54, 1.807) is 58.0 Å². The van der Waals surface area contributed by atoms with Gasteiger partial charge in [-0.2, -0.15) is 0 Å². The standard InChI is InChI=1S/C29H42N4O9/c1-16(2)25(30)28(39)33-12-11-21(41-18(5)34)26(33)22(14-24(36)37)42-29(40)20(13-19-9-7-6-8-10-19)32-23(35)15-31-27(38)17(3)4/h6-10,16-17,20-22,25-26H,11-15,30H2,1-5H3,(H,31,38)(H,32,35)(H,36,37)/t20-,21+,22-,25-,26-/m0/s1. The number of esters is 2. The minimum absolute atomic E-state index is 0.00222. The van der Waals surface area contributed by atoms with Crippen molar-refractivity contribution >= 4 is 35.6 Å². The molecule has 0 saturated carbocycles. The zero-order valence-electron chi connectivity index (χ0n) is 24.7. The predicted molar refractivity (Wildman–Crippen MR) is 151 cm³/mol. The highest BCUT2D eigenvalue weighted by atomic mass is 16.6. The van der Waals surface area contributed by atoms with E-state index in [0.29, 0.717) is 5.56 Å². The van der Waals surface area contributed by atoms with Crippen LogP contribution in [0.4, 0.5) is 0 Å². The number of hydrogen-bond donors (Lipinski definition) is 4. The third kappa shape index (κ3) is 10.1. The van der Waals surface area contributed by atoms with Crippen LogP contribution in [0.2, 0.25) is 0 Å². The number of nitrogens with zero attached hydrogens (tertiary/aromatic N) is 1. The van der Waals surface area contributed by atoms with Crippen LogP contribution in [0.15, 0.2) is 30.3 Å². The number of aliphatic carboxylic acids is 1. The number of rotatable bonds is 14. The molecule has 1 heterocycles. The first-order valence-electron chi connectivity index (χ1n) is 14.0. The number of carbonyl (C=O) groups excluding carboxylic acids is 5. The first-order chi connectivity index (χ1) is 19.7. The maximum absolute atomic E-state index is 13.6. The average Bonchev–Trinajstić information content (AvgIpc) is 3.32. The van der Waals surface area contributed by atoms with Crippen molar-refractivity contribution in [1.82, 2.24) is 15.5 Å². The number of likely N-dealkylation sites (tertiary alicyclic amines) is 1. The summed E-state index contributed by atoms with van der Waals surface area (Å²) < 4.78 is 11.1. The van der Waals surface area contributed by atoms with E-state index in [4.69, 9.17) is 15.2 Å². The van der Waals surface area contributed by atoms with Crippen molar-refractivity contribution in [2.24, 2.45) is 17.6 Å². The zero-order chi connectivity index (χ0) is 31.6. The molecule has 1 saturated heterocycles. The summed E-state index contributed by atoms with van der Waals surface area (Å²) in [5, 5.41) is 14.7. The number of nitrogens with one attached hydrogen (secondary N) is 2. The van der Waals surface area contributed by atoms with E-state index in [2.05, 4.69) is 10.6 Å². The van der Waals surface area contributed by atoms with Crippen molar-refractivity contribution in [2.45, 2.75) is 84.2 Å². The molecular formula is C29H42N4O9. The fourth-order valence-corrected chi connectivity index (χ4v) is 4.60. The van der Waals surface area contributed by atoms with Crippen molar-refractivity contribution in [3.8, 4) is 0 Å². The lowest BCUT2D eigenvalue weighted by atomic mass is 9.99. The van der Waals surface area contributed by atoms with Crippen molar-refractivity contribution in [3.05, 3.63) is 35.9 Å². The van der Waals surface area contributed by atoms with Gasteiger partial charge in [0.05, 0.1) is 19.0 Å². The molecule has 5 N–H and O–H groups in total. The van der Waals surface area contributed by atoms with Crippen LogP contribution in [0, 0.1) is 11.8 Å². The lowest BCUT2D eigenvalue weighted by molar-refractivity contribution is -0.167. The summed E-state index contributed by atoms with van der Waals surface area (Å²) in [6.07, 6.45) is -2.89. The Morgan fingerprint density at radius 3 is 2.26 bits per heavy atom. The van der Waals surface area contributed by atoms with Crippen molar-refractivity contribution < 1.29 is 43.3 Å². The molecule has 0 aromatic heterocycles. The maximum atomic E-state index is 13.6. The Bertz CT molecular complexity index is 1130. The number of nitrogens with two attached hydrogens (primary N) is 1. The quantitative estimate of drug-likeness (QED) is 0.220. The van der Waals surface area contributed by atoms with Crippen LogP contribution in [-0.4, -0.2) is 89.1 Å². The fourth-order valence-electron chi connectivity index (χ4n) is 4.60. The highest BCUT2D eigenvalue weighted by Crippen LogP contribution is 2.29. The van der Waals surface area contributed by atoms with E-state index < -0.39 is 66.5 Å². The van der Waals surface area contributed by atoms with E-state index in [1.165, 1.54) is 11.8 Å². The summed E-state index contributed by atoms with van der Waals surface area (Å²) >= 11 is 0. The summed E-state index contributed by atoms with van der Waals surface area (Å²) in [6, 6.07) is 5.45. The molecule has 0 bridgehead atoms. The molecule has 0 unspecified atom stereocenters. The van der Waals surface area contributed by atoms with Gasteiger partial charge >= 0.3 is 17.9 Å². The second-order valence-electron chi connectivity index (χ2n) is 11.0. The maximum Gasteiger partial charge on any atom is 0.329 e. The molecule has 2 rings (SSSR count). The van der Waals surface area contributed by atoms with Crippen LogP contribution in [0.25, 0.3) is 0 Å². The van der Waals surface area contributed by atoms with Gasteiger partial charge in [0.25, 0.3) is 0 Å². The highest BCUT2D eigenvalue weighted by molar-refractivity contribution is 5.89. The molecule has 0 aliphatic carbocycles. The van der Waals surface area contributed by atoms with Gasteiger partial charge < -0.3 is 35.8 Å². The minimum atomic E-state index is -1.43. The number of ether oxygens (including phenoxy) is 2. The lowest BCUT2D eigenvalue weighted by Gasteiger charge is -2.35. The van der Waals surface area contributed by atoms with Crippen LogP contribution in [0.5, 0.6) is 0 Å². The van der Waals surface area contributed by atoms with Crippen LogP contribution in [0.1, 0.15) is 53.0 Å². The Labute approximate surface area is 245 Å². The van der Waals surface area contributed by atoms with Crippen LogP contribution in [0.3, 0.4) is 0 Å². The molecule has 1 aromatic rings. The Kier molecular flexibility index (Phi) is 12.9. The summed E-state index contributed by atoms with van der Waals surface area (Å²) in [5.41, 5.74) is 6.79. The largest absolute Gasteiger partial charge is 0.481 e. The topological polar surface area (TPSA) is 194 Å². The fraction of sp³-hybridized carbons (Fsp3) is 0.586. The Balaban J connectivity index is 2.38. The molecule has 42 heavy (non-hydrogen) atoms. The second kappa shape index (κ2) is 15.9. The molecular weight excluding hydrogens is 548 g/mol. The number of benzene rings is 1. The summed E-state index contributed by atoms with van der Waals surface area (Å²) in [7, 11) is 0. The van der Waals surface area contributed by atoms with Gasteiger partial charge in [-0.1, -0.05) is 58.0 Å². The van der Waals surface area contributed by atoms with Gasteiger partial charge in [-0.05, 0) is 11.5 Å². The van der Waals surface area contributed by atoms with E-state index in [0.717, 1.165) is 0 Å². The van der Waals surface area contributed by atoms with Crippen LogP contribution >= 0.6 is 0 Å². The van der Waals surface area contributed by atoms with E-state index in [9.17, 15) is 33.9 Å². The highest BCUT2D eigenvalue weighted by Gasteiger charge is 2.48. The lowest BCUT2D eigenvalue weighted by Crippen LogP contribution is -2.56. The predicted octanol–water partition coefficient (Wildman–Crippen LogP) is 0.389. The van der Waals surface area contributed by atoms with Crippen LogP contribution in [-0.2, 0) is 44.7 Å². The first kappa shape index (κ1) is 34.2. The summed E-state index contributed by atoms with van der Waals surface area (Å²) in [5.74, 6) is -5.02. The van der Waals surface area contributed by atoms with Crippen molar-refractivity contribution in [2.75, 3.05) is 13.1 Å². The Hall–Kier alpha value is -4.00. The van der Waals surface area contributed by atoms with Gasteiger partial charge in [-0.15, -0.1) is 0 Å². The smallest absolute Gasteiger partial charge is 0.329 e. The second-order valence-corrected chi connectivity index (χ2v) is 11.0. The van der Waals surface area contributed by atoms with Crippen molar-refractivity contribution in [3.63, 3.8) is 0 Å². The van der Waals surface area contributed by atoms with Gasteiger partial charge in [-0.25, -0.2) is 4.79 Å². The Morgan fingerprint density at radius 2 is 1.71 bits per heavy atom. The molecule has 232 valence electrons. The SMILES string of the molecule is CC(=O)O[C@@H]1CCN(C(=O)[C@@H](N)C(C)C)[C@@H]1[C@H](CC(=O)O)OC(=O)[C@H](Cc1ccccc1)NC(=O)CNC(=O)C(C)C.